The lowest BCUT2D eigenvalue weighted by atomic mass is 10.2. The van der Waals surface area contributed by atoms with Crippen LogP contribution in [0.15, 0.2) is 47.6 Å². The van der Waals surface area contributed by atoms with Crippen molar-refractivity contribution < 1.29 is 0 Å². The average molecular weight is 522 g/mol. The topological polar surface area (TPSA) is 55.8 Å². The van der Waals surface area contributed by atoms with Gasteiger partial charge >= 0.3 is 0 Å². The Morgan fingerprint density at radius 3 is 2.50 bits per heavy atom. The van der Waals surface area contributed by atoms with Crippen LogP contribution in [0.4, 0.5) is 11.5 Å². The number of aliphatic imine (C=N–C) groups is 1. The van der Waals surface area contributed by atoms with Crippen LogP contribution in [0.2, 0.25) is 0 Å². The molecule has 3 rings (SSSR count). The standard InChI is InChI=1S/C23H34N6.HI/c1-5-28(6-2)22-12-9-19(15-25-22)16-26-23(24-4)27-20-13-14-29(17-20)21-10-7-18(3)8-11-21;/h7-12,15,20H,5-6,13-14,16-17H2,1-4H3,(H2,24,26,27);1H. The van der Waals surface area contributed by atoms with Crippen molar-refractivity contribution in [1.29, 1.82) is 0 Å². The second-order valence-corrected chi connectivity index (χ2v) is 7.53. The number of rotatable bonds is 7. The molecular weight excluding hydrogens is 487 g/mol. The van der Waals surface area contributed by atoms with Gasteiger partial charge in [-0.2, -0.15) is 0 Å². The normalized spacial score (nSPS) is 16.2. The lowest BCUT2D eigenvalue weighted by Gasteiger charge is -2.21. The van der Waals surface area contributed by atoms with E-state index in [9.17, 15) is 0 Å². The molecule has 1 unspecified atom stereocenters. The van der Waals surface area contributed by atoms with E-state index in [2.05, 4.69) is 87.6 Å². The molecule has 164 valence electrons. The summed E-state index contributed by atoms with van der Waals surface area (Å²) in [6.07, 6.45) is 3.05. The Bertz CT molecular complexity index is 786. The van der Waals surface area contributed by atoms with Crippen LogP contribution in [0.3, 0.4) is 0 Å². The number of hydrogen-bond donors (Lipinski definition) is 2. The summed E-state index contributed by atoms with van der Waals surface area (Å²) in [5.74, 6) is 1.87. The third-order valence-corrected chi connectivity index (χ3v) is 5.51. The average Bonchev–Trinajstić information content (AvgIpc) is 3.22. The molecule has 0 radical (unpaired) electrons. The number of benzene rings is 1. The predicted octanol–water partition coefficient (Wildman–Crippen LogP) is 3.80. The monoisotopic (exact) mass is 522 g/mol. The van der Waals surface area contributed by atoms with Gasteiger partial charge in [-0.1, -0.05) is 23.8 Å². The molecule has 1 saturated heterocycles. The first kappa shape index (κ1) is 24.2. The van der Waals surface area contributed by atoms with Crippen LogP contribution in [0.25, 0.3) is 0 Å². The number of halogens is 1. The molecule has 2 aromatic rings. The summed E-state index contributed by atoms with van der Waals surface area (Å²) >= 11 is 0. The molecule has 1 aromatic carbocycles. The predicted molar refractivity (Wildman–Crippen MR) is 138 cm³/mol. The number of guanidine groups is 1. The van der Waals surface area contributed by atoms with E-state index in [1.54, 1.807) is 0 Å². The Kier molecular flexibility index (Phi) is 9.68. The van der Waals surface area contributed by atoms with Gasteiger partial charge in [0.05, 0.1) is 0 Å². The molecule has 6 nitrogen and oxygen atoms in total. The molecular formula is C23H35IN6. The molecule has 0 spiro atoms. The van der Waals surface area contributed by atoms with Gasteiger partial charge in [0.15, 0.2) is 5.96 Å². The molecule has 2 N–H and O–H groups in total. The van der Waals surface area contributed by atoms with Gasteiger partial charge in [-0.3, -0.25) is 4.99 Å². The molecule has 1 aliphatic rings. The zero-order valence-corrected chi connectivity index (χ0v) is 20.9. The lowest BCUT2D eigenvalue weighted by Crippen LogP contribution is -2.44. The van der Waals surface area contributed by atoms with Gasteiger partial charge in [-0.25, -0.2) is 4.98 Å². The van der Waals surface area contributed by atoms with Crippen LogP contribution in [0.5, 0.6) is 0 Å². The van der Waals surface area contributed by atoms with E-state index in [1.165, 1.54) is 11.3 Å². The summed E-state index contributed by atoms with van der Waals surface area (Å²) in [4.78, 5) is 13.7. The molecule has 7 heteroatoms. The molecule has 0 bridgehead atoms. The Morgan fingerprint density at radius 1 is 1.17 bits per heavy atom. The second kappa shape index (κ2) is 12.0. The van der Waals surface area contributed by atoms with Crippen LogP contribution < -0.4 is 20.4 Å². The van der Waals surface area contributed by atoms with Gasteiger partial charge < -0.3 is 20.4 Å². The fourth-order valence-electron chi connectivity index (χ4n) is 3.70. The highest BCUT2D eigenvalue weighted by molar-refractivity contribution is 14.0. The highest BCUT2D eigenvalue weighted by Crippen LogP contribution is 2.20. The van der Waals surface area contributed by atoms with E-state index < -0.39 is 0 Å². The van der Waals surface area contributed by atoms with E-state index in [4.69, 9.17) is 0 Å². The summed E-state index contributed by atoms with van der Waals surface area (Å²) in [6.45, 7) is 11.1. The van der Waals surface area contributed by atoms with Gasteiger partial charge in [0, 0.05) is 57.7 Å². The van der Waals surface area contributed by atoms with Crippen molar-refractivity contribution in [1.82, 2.24) is 15.6 Å². The Labute approximate surface area is 198 Å². The van der Waals surface area contributed by atoms with Crippen molar-refractivity contribution in [3.63, 3.8) is 0 Å². The van der Waals surface area contributed by atoms with E-state index in [-0.39, 0.29) is 24.0 Å². The highest BCUT2D eigenvalue weighted by Gasteiger charge is 2.23. The summed E-state index contributed by atoms with van der Waals surface area (Å²) in [7, 11) is 1.82. The molecule has 1 aromatic heterocycles. The Hall–Kier alpha value is -2.03. The summed E-state index contributed by atoms with van der Waals surface area (Å²) in [6, 6.07) is 13.4. The van der Waals surface area contributed by atoms with Gasteiger partial charge in [0.25, 0.3) is 0 Å². The maximum absolute atomic E-state index is 4.60. The largest absolute Gasteiger partial charge is 0.369 e. The van der Waals surface area contributed by atoms with Gasteiger partial charge in [-0.15, -0.1) is 24.0 Å². The van der Waals surface area contributed by atoms with E-state index >= 15 is 0 Å². The van der Waals surface area contributed by atoms with E-state index in [0.717, 1.165) is 49.9 Å². The zero-order valence-electron chi connectivity index (χ0n) is 18.6. The molecule has 1 atom stereocenters. The highest BCUT2D eigenvalue weighted by atomic mass is 127. The van der Waals surface area contributed by atoms with Crippen LogP contribution in [-0.4, -0.2) is 50.2 Å². The van der Waals surface area contributed by atoms with Crippen LogP contribution in [-0.2, 0) is 6.54 Å². The lowest BCUT2D eigenvalue weighted by molar-refractivity contribution is 0.648. The minimum atomic E-state index is 0. The van der Waals surface area contributed by atoms with Crippen molar-refractivity contribution in [2.45, 2.75) is 39.8 Å². The van der Waals surface area contributed by atoms with Crippen LogP contribution in [0, 0.1) is 6.92 Å². The first-order valence-electron chi connectivity index (χ1n) is 10.6. The molecule has 30 heavy (non-hydrogen) atoms. The van der Waals surface area contributed by atoms with Crippen molar-refractivity contribution in [2.75, 3.05) is 43.0 Å². The smallest absolute Gasteiger partial charge is 0.191 e. The molecule has 1 fully saturated rings. The quantitative estimate of drug-likeness (QED) is 0.329. The molecule has 0 aliphatic carbocycles. The van der Waals surface area contributed by atoms with Gasteiger partial charge in [0.2, 0.25) is 0 Å². The van der Waals surface area contributed by atoms with Crippen molar-refractivity contribution in [2.24, 2.45) is 4.99 Å². The number of aryl methyl sites for hydroxylation is 1. The van der Waals surface area contributed by atoms with Crippen molar-refractivity contribution in [3.8, 4) is 0 Å². The zero-order chi connectivity index (χ0) is 20.6. The maximum Gasteiger partial charge on any atom is 0.191 e. The van der Waals surface area contributed by atoms with E-state index in [1.807, 2.05) is 13.2 Å². The Balaban J connectivity index is 0.00000320. The molecule has 0 amide bonds. The Morgan fingerprint density at radius 2 is 1.90 bits per heavy atom. The SMILES string of the molecule is CCN(CC)c1ccc(CNC(=NC)NC2CCN(c3ccc(C)cc3)C2)cn1.I. The molecule has 0 saturated carbocycles. The van der Waals surface area contributed by atoms with E-state index in [0.29, 0.717) is 12.6 Å². The fraction of sp³-hybridized carbons (Fsp3) is 0.478. The number of nitrogens with one attached hydrogen (secondary N) is 2. The summed E-state index contributed by atoms with van der Waals surface area (Å²) < 4.78 is 0. The number of nitrogens with zero attached hydrogens (tertiary/aromatic N) is 4. The van der Waals surface area contributed by atoms with Gasteiger partial charge in [-0.05, 0) is 51.0 Å². The second-order valence-electron chi connectivity index (χ2n) is 7.53. The number of aromatic nitrogens is 1. The first-order valence-corrected chi connectivity index (χ1v) is 10.6. The summed E-state index contributed by atoms with van der Waals surface area (Å²) in [5, 5.41) is 6.98. The molecule has 1 aliphatic heterocycles. The van der Waals surface area contributed by atoms with Crippen molar-refractivity contribution >= 4 is 41.4 Å². The first-order chi connectivity index (χ1) is 14.1. The fourth-order valence-corrected chi connectivity index (χ4v) is 3.70. The third-order valence-electron chi connectivity index (χ3n) is 5.51. The number of pyridine rings is 1. The minimum Gasteiger partial charge on any atom is -0.369 e. The number of anilines is 2. The van der Waals surface area contributed by atoms with Crippen molar-refractivity contribution in [3.05, 3.63) is 53.7 Å². The van der Waals surface area contributed by atoms with Crippen LogP contribution in [0.1, 0.15) is 31.4 Å². The minimum absolute atomic E-state index is 0. The molecule has 2 heterocycles. The summed E-state index contributed by atoms with van der Waals surface area (Å²) in [5.41, 5.74) is 3.74. The maximum atomic E-state index is 4.60. The van der Waals surface area contributed by atoms with Gasteiger partial charge in [0.1, 0.15) is 5.82 Å². The number of hydrogen-bond acceptors (Lipinski definition) is 4. The third kappa shape index (κ3) is 6.48. The van der Waals surface area contributed by atoms with Crippen LogP contribution >= 0.6 is 24.0 Å².